The summed E-state index contributed by atoms with van der Waals surface area (Å²) in [7, 11) is 0. The minimum absolute atomic E-state index is 0. The van der Waals surface area contributed by atoms with Gasteiger partial charge in [-0.2, -0.15) is 11.8 Å². The number of rotatable bonds is 5. The van der Waals surface area contributed by atoms with Gasteiger partial charge in [0.2, 0.25) is 5.91 Å². The van der Waals surface area contributed by atoms with E-state index in [1.165, 1.54) is 11.1 Å². The molecule has 1 aromatic rings. The lowest BCUT2D eigenvalue weighted by molar-refractivity contribution is -0.128. The van der Waals surface area contributed by atoms with E-state index >= 15 is 0 Å². The quantitative estimate of drug-likeness (QED) is 0.368. The molecule has 0 aliphatic carbocycles. The molecule has 2 aliphatic heterocycles. The summed E-state index contributed by atoms with van der Waals surface area (Å²) in [6.07, 6.45) is 1.67. The summed E-state index contributed by atoms with van der Waals surface area (Å²) in [5.74, 6) is 2.40. The minimum atomic E-state index is 0. The van der Waals surface area contributed by atoms with E-state index in [0.717, 1.165) is 44.3 Å². The highest BCUT2D eigenvalue weighted by atomic mass is 127. The van der Waals surface area contributed by atoms with Crippen LogP contribution in [0.4, 0.5) is 0 Å². The molecule has 1 amide bonds. The van der Waals surface area contributed by atoms with E-state index in [4.69, 9.17) is 4.99 Å². The van der Waals surface area contributed by atoms with Gasteiger partial charge in [0.25, 0.3) is 0 Å². The van der Waals surface area contributed by atoms with Crippen LogP contribution in [0.3, 0.4) is 0 Å². The molecule has 1 N–H and O–H groups in total. The summed E-state index contributed by atoms with van der Waals surface area (Å²) >= 11 is 2.03. The highest BCUT2D eigenvalue weighted by Crippen LogP contribution is 2.29. The molecule has 0 unspecified atom stereocenters. The molecule has 1 aromatic carbocycles. The molecule has 5 nitrogen and oxygen atoms in total. The summed E-state index contributed by atoms with van der Waals surface area (Å²) < 4.78 is 0.252. The molecule has 156 valence electrons. The van der Waals surface area contributed by atoms with Gasteiger partial charge in [0.05, 0.1) is 6.54 Å². The number of nitrogens with zero attached hydrogens (tertiary/aromatic N) is 3. The van der Waals surface area contributed by atoms with Crippen molar-refractivity contribution in [2.45, 2.75) is 51.4 Å². The molecule has 2 heterocycles. The van der Waals surface area contributed by atoms with E-state index < -0.39 is 0 Å². The van der Waals surface area contributed by atoms with Crippen LogP contribution in [-0.2, 0) is 17.9 Å². The smallest absolute Gasteiger partial charge is 0.222 e. The third-order valence-electron chi connectivity index (χ3n) is 5.11. The zero-order valence-electron chi connectivity index (χ0n) is 17.2. The molecule has 2 aliphatic rings. The number of carbonyl (C=O) groups excluding carboxylic acids is 1. The maximum atomic E-state index is 12.0. The van der Waals surface area contributed by atoms with Gasteiger partial charge in [-0.3, -0.25) is 4.79 Å². The predicted molar refractivity (Wildman–Crippen MR) is 129 cm³/mol. The van der Waals surface area contributed by atoms with Crippen molar-refractivity contribution in [2.75, 3.05) is 31.9 Å². The van der Waals surface area contributed by atoms with Crippen molar-refractivity contribution in [1.82, 2.24) is 15.1 Å². The monoisotopic (exact) mass is 516 g/mol. The van der Waals surface area contributed by atoms with E-state index in [-0.39, 0.29) is 34.6 Å². The van der Waals surface area contributed by atoms with Crippen LogP contribution >= 0.6 is 35.7 Å². The lowest BCUT2D eigenvalue weighted by Crippen LogP contribution is -2.50. The second kappa shape index (κ2) is 10.7. The Kier molecular flexibility index (Phi) is 8.92. The molecular weight excluding hydrogens is 483 g/mol. The van der Waals surface area contributed by atoms with Gasteiger partial charge in [0.1, 0.15) is 0 Å². The number of amides is 1. The number of halogens is 1. The molecule has 0 spiro atoms. The number of carbonyl (C=O) groups is 1. The van der Waals surface area contributed by atoms with Crippen molar-refractivity contribution in [3.05, 3.63) is 35.4 Å². The summed E-state index contributed by atoms with van der Waals surface area (Å²) in [5.41, 5.74) is 2.42. The lowest BCUT2D eigenvalue weighted by atomic mass is 10.1. The van der Waals surface area contributed by atoms with E-state index in [1.54, 1.807) is 0 Å². The third-order valence-corrected chi connectivity index (χ3v) is 6.41. The Bertz CT molecular complexity index is 695. The highest BCUT2D eigenvalue weighted by molar-refractivity contribution is 14.0. The molecular formula is C21H33IN4OS. The van der Waals surface area contributed by atoms with Gasteiger partial charge in [-0.05, 0) is 38.3 Å². The maximum absolute atomic E-state index is 12.0. The van der Waals surface area contributed by atoms with Gasteiger partial charge in [-0.25, -0.2) is 4.99 Å². The molecule has 28 heavy (non-hydrogen) atoms. The number of hydrogen-bond donors (Lipinski definition) is 1. The Morgan fingerprint density at radius 3 is 2.64 bits per heavy atom. The van der Waals surface area contributed by atoms with Crippen molar-refractivity contribution in [2.24, 2.45) is 4.99 Å². The van der Waals surface area contributed by atoms with Crippen LogP contribution in [0.5, 0.6) is 0 Å². The van der Waals surface area contributed by atoms with Gasteiger partial charge in [-0.1, -0.05) is 24.3 Å². The van der Waals surface area contributed by atoms with Crippen LogP contribution < -0.4 is 5.32 Å². The molecule has 7 heteroatoms. The first kappa shape index (κ1) is 23.3. The van der Waals surface area contributed by atoms with Crippen LogP contribution in [0.2, 0.25) is 0 Å². The summed E-state index contributed by atoms with van der Waals surface area (Å²) in [5, 5.41) is 3.46. The molecule has 3 rings (SSSR count). The molecule has 0 bridgehead atoms. The number of aliphatic imine (C=N–C) groups is 1. The van der Waals surface area contributed by atoms with Gasteiger partial charge in [0.15, 0.2) is 5.96 Å². The molecule has 2 saturated heterocycles. The van der Waals surface area contributed by atoms with Crippen LogP contribution in [0.1, 0.15) is 44.7 Å². The standard InChI is InChI=1S/C21H32N4OS.HI/c1-4-22-20(25-12-13-27-21(2,3)16-25)23-14-17-8-5-6-9-18(17)15-24-11-7-10-19(24)26;/h5-6,8-9H,4,7,10-16H2,1-3H3,(H,22,23);1H. The van der Waals surface area contributed by atoms with Crippen LogP contribution in [0, 0.1) is 0 Å². The third kappa shape index (κ3) is 6.27. The van der Waals surface area contributed by atoms with E-state index in [9.17, 15) is 4.79 Å². The SMILES string of the molecule is CCNC(=NCc1ccccc1CN1CCCC1=O)N1CCSC(C)(C)C1.I. The number of thioether (sulfide) groups is 1. The average Bonchev–Trinajstić information content (AvgIpc) is 3.03. The number of benzene rings is 1. The first-order valence-corrected chi connectivity index (χ1v) is 11.0. The average molecular weight is 516 g/mol. The van der Waals surface area contributed by atoms with Crippen molar-refractivity contribution in [1.29, 1.82) is 0 Å². The fourth-order valence-corrected chi connectivity index (χ4v) is 4.84. The molecule has 0 atom stereocenters. The lowest BCUT2D eigenvalue weighted by Gasteiger charge is -2.39. The fraction of sp³-hybridized carbons (Fsp3) is 0.619. The topological polar surface area (TPSA) is 47.9 Å². The summed E-state index contributed by atoms with van der Waals surface area (Å²) in [6, 6.07) is 8.38. The van der Waals surface area contributed by atoms with E-state index in [0.29, 0.717) is 19.5 Å². The normalized spacial score (nSPS) is 19.5. The number of likely N-dealkylation sites (tertiary alicyclic amines) is 1. The zero-order valence-corrected chi connectivity index (χ0v) is 20.4. The zero-order chi connectivity index (χ0) is 19.3. The van der Waals surface area contributed by atoms with E-state index in [1.807, 2.05) is 16.7 Å². The first-order chi connectivity index (χ1) is 13.0. The van der Waals surface area contributed by atoms with Gasteiger partial charge < -0.3 is 15.1 Å². The van der Waals surface area contributed by atoms with Gasteiger partial charge in [-0.15, -0.1) is 24.0 Å². The van der Waals surface area contributed by atoms with Crippen molar-refractivity contribution in [3.8, 4) is 0 Å². The summed E-state index contributed by atoms with van der Waals surface area (Å²) in [6.45, 7) is 11.8. The van der Waals surface area contributed by atoms with Crippen molar-refractivity contribution >= 4 is 47.6 Å². The largest absolute Gasteiger partial charge is 0.357 e. The number of nitrogens with one attached hydrogen (secondary N) is 1. The molecule has 0 saturated carbocycles. The van der Waals surface area contributed by atoms with Gasteiger partial charge in [0, 0.05) is 49.6 Å². The first-order valence-electron chi connectivity index (χ1n) is 10.0. The second-order valence-corrected chi connectivity index (χ2v) is 9.69. The van der Waals surface area contributed by atoms with Gasteiger partial charge >= 0.3 is 0 Å². The number of guanidine groups is 1. The second-order valence-electron chi connectivity index (χ2n) is 7.89. The minimum Gasteiger partial charge on any atom is -0.357 e. The van der Waals surface area contributed by atoms with E-state index in [2.05, 4.69) is 55.3 Å². The Labute approximate surface area is 190 Å². The maximum Gasteiger partial charge on any atom is 0.222 e. The number of hydrogen-bond acceptors (Lipinski definition) is 3. The van der Waals surface area contributed by atoms with Crippen molar-refractivity contribution < 1.29 is 4.79 Å². The predicted octanol–water partition coefficient (Wildman–Crippen LogP) is 3.72. The van der Waals surface area contributed by atoms with Crippen LogP contribution in [0.25, 0.3) is 0 Å². The molecule has 0 radical (unpaired) electrons. The Morgan fingerprint density at radius 2 is 2.00 bits per heavy atom. The molecule has 2 fully saturated rings. The fourth-order valence-electron chi connectivity index (χ4n) is 3.73. The van der Waals surface area contributed by atoms with Crippen LogP contribution in [0.15, 0.2) is 29.3 Å². The highest BCUT2D eigenvalue weighted by Gasteiger charge is 2.28. The Balaban J connectivity index is 0.00000280. The molecule has 0 aromatic heterocycles. The Hall–Kier alpha value is -0.960. The Morgan fingerprint density at radius 1 is 1.25 bits per heavy atom. The van der Waals surface area contributed by atoms with Crippen LogP contribution in [-0.4, -0.2) is 58.3 Å². The summed E-state index contributed by atoms with van der Waals surface area (Å²) in [4.78, 5) is 21.3. The van der Waals surface area contributed by atoms with Crippen molar-refractivity contribution in [3.63, 3.8) is 0 Å².